The van der Waals surface area contributed by atoms with Gasteiger partial charge in [0.05, 0.1) is 0 Å². The molecule has 16 heavy (non-hydrogen) atoms. The van der Waals surface area contributed by atoms with E-state index < -0.39 is 0 Å². The molecule has 1 aliphatic rings. The van der Waals surface area contributed by atoms with E-state index >= 15 is 0 Å². The monoisotopic (exact) mass is 216 g/mol. The van der Waals surface area contributed by atoms with Gasteiger partial charge in [-0.15, -0.1) is 10.5 Å². The minimum absolute atomic E-state index is 0.550. The zero-order valence-corrected chi connectivity index (χ0v) is 9.98. The molecule has 0 saturated heterocycles. The van der Waals surface area contributed by atoms with E-state index in [4.69, 9.17) is 0 Å². The van der Waals surface area contributed by atoms with Gasteiger partial charge >= 0.3 is 0 Å². The molecule has 1 atom stereocenters. The number of nitrogens with zero attached hydrogens (tertiary/aromatic N) is 3. The van der Waals surface area contributed by atoms with Gasteiger partial charge in [0, 0.05) is 0 Å². The first kappa shape index (κ1) is 11.1. The van der Waals surface area contributed by atoms with Crippen LogP contribution in [0, 0.1) is 0 Å². The highest BCUT2D eigenvalue weighted by molar-refractivity contribution is 5.67. The van der Waals surface area contributed by atoms with Crippen molar-refractivity contribution < 1.29 is 0 Å². The van der Waals surface area contributed by atoms with Crippen molar-refractivity contribution in [1.82, 2.24) is 5.43 Å². The summed E-state index contributed by atoms with van der Waals surface area (Å²) in [6.07, 6.45) is 5.09. The van der Waals surface area contributed by atoms with Crippen molar-refractivity contribution in [1.29, 1.82) is 0 Å². The lowest BCUT2D eigenvalue weighted by molar-refractivity contribution is 0.598. The van der Waals surface area contributed by atoms with Crippen LogP contribution in [0.5, 0.6) is 0 Å². The predicted octanol–water partition coefficient (Wildman–Crippen LogP) is 4.62. The van der Waals surface area contributed by atoms with E-state index in [0.717, 1.165) is 11.4 Å². The maximum atomic E-state index is 4.11. The molecule has 0 bridgehead atoms. The predicted molar refractivity (Wildman–Crippen MR) is 65.3 cm³/mol. The number of hydrogen-bond donors (Lipinski definition) is 0. The Balaban J connectivity index is 2.08. The van der Waals surface area contributed by atoms with Crippen LogP contribution >= 0.6 is 0 Å². The van der Waals surface area contributed by atoms with Crippen molar-refractivity contribution in [2.45, 2.75) is 45.4 Å². The largest absolute Gasteiger partial charge is 0.128 e. The second kappa shape index (κ2) is 5.10. The van der Waals surface area contributed by atoms with E-state index in [1.807, 2.05) is 12.1 Å². The van der Waals surface area contributed by atoms with E-state index in [9.17, 15) is 0 Å². The molecule has 0 fully saturated rings. The lowest BCUT2D eigenvalue weighted by Gasteiger charge is -2.13. The quantitative estimate of drug-likeness (QED) is 0.644. The lowest BCUT2D eigenvalue weighted by Crippen LogP contribution is -1.94. The van der Waals surface area contributed by atoms with Crippen LogP contribution < -0.4 is 5.43 Å². The molecule has 2 rings (SSSR count). The third kappa shape index (κ3) is 2.23. The van der Waals surface area contributed by atoms with Gasteiger partial charge in [-0.05, 0) is 29.2 Å². The summed E-state index contributed by atoms with van der Waals surface area (Å²) in [4.78, 5) is 0. The van der Waals surface area contributed by atoms with Crippen LogP contribution in [0.4, 0.5) is 11.4 Å². The third-order valence-electron chi connectivity index (χ3n) is 3.11. The fourth-order valence-electron chi connectivity index (χ4n) is 2.11. The van der Waals surface area contributed by atoms with E-state index in [0.29, 0.717) is 5.92 Å². The molecule has 1 heterocycles. The number of rotatable bonds is 5. The Morgan fingerprint density at radius 1 is 1.25 bits per heavy atom. The zero-order valence-electron chi connectivity index (χ0n) is 9.98. The highest BCUT2D eigenvalue weighted by Crippen LogP contribution is 2.39. The van der Waals surface area contributed by atoms with Crippen molar-refractivity contribution >= 4 is 11.4 Å². The van der Waals surface area contributed by atoms with E-state index in [1.165, 1.54) is 31.2 Å². The molecule has 0 spiro atoms. The van der Waals surface area contributed by atoms with Crippen molar-refractivity contribution in [2.24, 2.45) is 10.3 Å². The van der Waals surface area contributed by atoms with Gasteiger partial charge in [-0.1, -0.05) is 45.2 Å². The first-order valence-corrected chi connectivity index (χ1v) is 6.07. The fourth-order valence-corrected chi connectivity index (χ4v) is 2.11. The van der Waals surface area contributed by atoms with E-state index in [1.54, 1.807) is 0 Å². The molecule has 1 aliphatic heterocycles. The molecule has 0 amide bonds. The lowest BCUT2D eigenvalue weighted by atomic mass is 9.93. The zero-order chi connectivity index (χ0) is 11.4. The molecule has 1 unspecified atom stereocenters. The van der Waals surface area contributed by atoms with Gasteiger partial charge in [-0.3, -0.25) is 0 Å². The third-order valence-corrected chi connectivity index (χ3v) is 3.11. The molecule has 0 saturated carbocycles. The number of unbranched alkanes of at least 4 members (excludes halogenated alkanes) is 2. The van der Waals surface area contributed by atoms with Crippen LogP contribution in [-0.2, 0) is 0 Å². The Kier molecular flexibility index (Phi) is 3.54. The van der Waals surface area contributed by atoms with Crippen LogP contribution in [0.25, 0.3) is 0 Å². The van der Waals surface area contributed by atoms with Gasteiger partial charge in [-0.25, -0.2) is 0 Å². The van der Waals surface area contributed by atoms with Gasteiger partial charge in [0.15, 0.2) is 0 Å². The number of hydrogen-bond acceptors (Lipinski definition) is 2. The minimum Gasteiger partial charge on any atom is -0.128 e. The van der Waals surface area contributed by atoms with Crippen molar-refractivity contribution in [3.63, 3.8) is 0 Å². The molecule has 3 nitrogen and oxygen atoms in total. The Hall–Kier alpha value is -1.38. The van der Waals surface area contributed by atoms with Gasteiger partial charge in [0.1, 0.15) is 11.4 Å². The van der Waals surface area contributed by atoms with Crippen LogP contribution in [0.3, 0.4) is 0 Å². The van der Waals surface area contributed by atoms with Crippen LogP contribution in [-0.4, -0.2) is 0 Å². The van der Waals surface area contributed by atoms with Crippen molar-refractivity contribution in [3.8, 4) is 0 Å². The Bertz CT molecular complexity index is 385. The summed E-state index contributed by atoms with van der Waals surface area (Å²) in [5.74, 6) is 0.550. The molecular weight excluding hydrogens is 198 g/mol. The summed E-state index contributed by atoms with van der Waals surface area (Å²) in [7, 11) is 0. The van der Waals surface area contributed by atoms with Crippen molar-refractivity contribution in [2.75, 3.05) is 0 Å². The summed E-state index contributed by atoms with van der Waals surface area (Å²) < 4.78 is 0. The summed E-state index contributed by atoms with van der Waals surface area (Å²) in [5, 5.41) is 7.85. The molecule has 0 N–H and O–H groups in total. The normalized spacial score (nSPS) is 14.6. The maximum Gasteiger partial charge on any atom is 0.119 e. The van der Waals surface area contributed by atoms with Crippen LogP contribution in [0.2, 0.25) is 0 Å². The molecule has 85 valence electrons. The van der Waals surface area contributed by atoms with Gasteiger partial charge in [-0.2, -0.15) is 0 Å². The fraction of sp³-hybridized carbons (Fsp3) is 0.538. The number of benzene rings is 1. The first-order chi connectivity index (χ1) is 7.83. The van der Waals surface area contributed by atoms with Crippen LogP contribution in [0.15, 0.2) is 28.5 Å². The molecular formula is C13H18N3. The molecule has 1 aromatic carbocycles. The second-order valence-electron chi connectivity index (χ2n) is 4.40. The van der Waals surface area contributed by atoms with Gasteiger partial charge < -0.3 is 0 Å². The molecule has 1 aromatic rings. The second-order valence-corrected chi connectivity index (χ2v) is 4.40. The Morgan fingerprint density at radius 2 is 2.12 bits per heavy atom. The molecule has 1 radical (unpaired) electrons. The summed E-state index contributed by atoms with van der Waals surface area (Å²) in [6, 6.07) is 6.16. The first-order valence-electron chi connectivity index (χ1n) is 6.07. The highest BCUT2D eigenvalue weighted by atomic mass is 15.5. The summed E-state index contributed by atoms with van der Waals surface area (Å²) >= 11 is 0. The average molecular weight is 216 g/mol. The average Bonchev–Trinajstić information content (AvgIpc) is 2.76. The standard InChI is InChI=1S/C13H18N3/c1-3-4-5-7-10(2)11-8-6-9-12-13(11)15-16-14-12/h6,8-10H,3-5,7H2,1-2H3. The maximum absolute atomic E-state index is 4.11. The smallest absolute Gasteiger partial charge is 0.119 e. The highest BCUT2D eigenvalue weighted by Gasteiger charge is 2.17. The van der Waals surface area contributed by atoms with Crippen molar-refractivity contribution in [3.05, 3.63) is 23.8 Å². The summed E-state index contributed by atoms with van der Waals surface area (Å²) in [5.41, 5.74) is 7.18. The van der Waals surface area contributed by atoms with Gasteiger partial charge in [0.2, 0.25) is 0 Å². The Morgan fingerprint density at radius 3 is 2.94 bits per heavy atom. The van der Waals surface area contributed by atoms with Crippen LogP contribution in [0.1, 0.15) is 51.0 Å². The Labute approximate surface area is 96.9 Å². The molecule has 0 aromatic heterocycles. The number of fused-ring (bicyclic) bond motifs is 1. The summed E-state index contributed by atoms with van der Waals surface area (Å²) in [6.45, 7) is 4.50. The topological polar surface area (TPSA) is 38.8 Å². The minimum atomic E-state index is 0.550. The molecule has 0 aliphatic carbocycles. The van der Waals surface area contributed by atoms with Gasteiger partial charge in [0.25, 0.3) is 0 Å². The molecule has 3 heteroatoms. The van der Waals surface area contributed by atoms with E-state index in [-0.39, 0.29) is 0 Å². The SMILES string of the molecule is CCCCCC(C)c1cccc2c1N=N[N]2. The van der Waals surface area contributed by atoms with E-state index in [2.05, 4.69) is 35.7 Å².